The molecule has 1 aliphatic heterocycles. The standard InChI is InChI=1S/C22H25NO6/c1-5-29-22(25)23-7-6-12-10-18(27-3)21(28-4)20-14-11-17(26-2)16(24)9-13(14)8-15(23)19(12)20/h9-11,15,24H,5-8H2,1-4H3. The third kappa shape index (κ3) is 2.92. The summed E-state index contributed by atoms with van der Waals surface area (Å²) in [6, 6.07) is 5.32. The lowest BCUT2D eigenvalue weighted by Gasteiger charge is -2.41. The lowest BCUT2D eigenvalue weighted by Crippen LogP contribution is -2.42. The number of nitrogens with zero attached hydrogens (tertiary/aromatic N) is 1. The summed E-state index contributed by atoms with van der Waals surface area (Å²) in [7, 11) is 4.74. The molecule has 1 amide bonds. The van der Waals surface area contributed by atoms with Crippen molar-refractivity contribution in [1.82, 2.24) is 4.90 Å². The van der Waals surface area contributed by atoms with E-state index in [-0.39, 0.29) is 17.9 Å². The Hall–Kier alpha value is -3.09. The van der Waals surface area contributed by atoms with E-state index in [4.69, 9.17) is 18.9 Å². The molecule has 4 rings (SSSR count). The Labute approximate surface area is 169 Å². The number of carbonyl (C=O) groups is 1. The Bertz CT molecular complexity index is 971. The van der Waals surface area contributed by atoms with Crippen molar-refractivity contribution in [2.45, 2.75) is 25.8 Å². The second-order valence-corrected chi connectivity index (χ2v) is 7.10. The van der Waals surface area contributed by atoms with Crippen molar-refractivity contribution in [3.8, 4) is 34.1 Å². The van der Waals surface area contributed by atoms with E-state index in [1.807, 2.05) is 12.1 Å². The van der Waals surface area contributed by atoms with Gasteiger partial charge in [0.05, 0.1) is 34.0 Å². The number of phenols is 1. The summed E-state index contributed by atoms with van der Waals surface area (Å²) in [5, 5.41) is 10.3. The van der Waals surface area contributed by atoms with Crippen LogP contribution in [0.15, 0.2) is 18.2 Å². The smallest absolute Gasteiger partial charge is 0.410 e. The molecule has 1 heterocycles. The van der Waals surface area contributed by atoms with E-state index in [2.05, 4.69) is 0 Å². The first-order valence-electron chi connectivity index (χ1n) is 9.65. The summed E-state index contributed by atoms with van der Waals surface area (Å²) in [6.07, 6.45) is 0.939. The fraction of sp³-hybridized carbons (Fsp3) is 0.409. The number of hydrogen-bond donors (Lipinski definition) is 1. The minimum atomic E-state index is -0.329. The molecular weight excluding hydrogens is 374 g/mol. The zero-order valence-electron chi connectivity index (χ0n) is 17.1. The SMILES string of the molecule is CCOC(=O)N1CCc2cc(OC)c(OC)c3c2C1Cc1cc(O)c(OC)cc1-3. The average Bonchev–Trinajstić information content (AvgIpc) is 2.72. The molecule has 0 bridgehead atoms. The maximum absolute atomic E-state index is 12.6. The van der Waals surface area contributed by atoms with Gasteiger partial charge in [-0.1, -0.05) is 0 Å². The quantitative estimate of drug-likeness (QED) is 0.845. The lowest BCUT2D eigenvalue weighted by atomic mass is 9.76. The van der Waals surface area contributed by atoms with Gasteiger partial charge in [0.25, 0.3) is 0 Å². The number of carbonyl (C=O) groups excluding carboxylic acids is 1. The molecule has 2 aromatic rings. The molecule has 1 unspecified atom stereocenters. The molecular formula is C22H25NO6. The number of fused-ring (bicyclic) bond motifs is 2. The van der Waals surface area contributed by atoms with E-state index in [0.29, 0.717) is 43.2 Å². The van der Waals surface area contributed by atoms with Gasteiger partial charge in [0.15, 0.2) is 23.0 Å². The van der Waals surface area contributed by atoms with E-state index in [0.717, 1.165) is 27.8 Å². The number of rotatable bonds is 4. The van der Waals surface area contributed by atoms with Crippen LogP contribution < -0.4 is 14.2 Å². The Morgan fingerprint density at radius 2 is 1.86 bits per heavy atom. The van der Waals surface area contributed by atoms with E-state index < -0.39 is 0 Å². The van der Waals surface area contributed by atoms with Crippen LogP contribution in [-0.4, -0.2) is 50.6 Å². The van der Waals surface area contributed by atoms with Gasteiger partial charge < -0.3 is 29.0 Å². The predicted octanol–water partition coefficient (Wildman–Crippen LogP) is 3.70. The number of benzene rings is 2. The molecule has 1 aliphatic carbocycles. The van der Waals surface area contributed by atoms with Gasteiger partial charge in [0, 0.05) is 12.1 Å². The van der Waals surface area contributed by atoms with Crippen LogP contribution in [0.3, 0.4) is 0 Å². The largest absolute Gasteiger partial charge is 0.504 e. The zero-order chi connectivity index (χ0) is 20.7. The number of aromatic hydroxyl groups is 1. The molecule has 2 aliphatic rings. The number of phenolic OH excluding ortho intramolecular Hbond substituents is 1. The molecule has 0 saturated heterocycles. The van der Waals surface area contributed by atoms with Gasteiger partial charge in [-0.05, 0) is 60.2 Å². The van der Waals surface area contributed by atoms with Crippen LogP contribution in [0.5, 0.6) is 23.0 Å². The second kappa shape index (κ2) is 7.39. The summed E-state index contributed by atoms with van der Waals surface area (Å²) >= 11 is 0. The minimum absolute atomic E-state index is 0.0651. The van der Waals surface area contributed by atoms with Gasteiger partial charge in [-0.25, -0.2) is 4.79 Å². The normalized spacial score (nSPS) is 16.6. The first-order valence-corrected chi connectivity index (χ1v) is 9.65. The van der Waals surface area contributed by atoms with Gasteiger partial charge in [0.1, 0.15) is 0 Å². The van der Waals surface area contributed by atoms with Crippen molar-refractivity contribution >= 4 is 6.09 Å². The highest BCUT2D eigenvalue weighted by molar-refractivity contribution is 5.86. The van der Waals surface area contributed by atoms with Gasteiger partial charge in [0.2, 0.25) is 0 Å². The molecule has 0 aromatic heterocycles. The maximum Gasteiger partial charge on any atom is 0.410 e. The van der Waals surface area contributed by atoms with Crippen LogP contribution in [0.25, 0.3) is 11.1 Å². The average molecular weight is 399 g/mol. The third-order valence-electron chi connectivity index (χ3n) is 5.72. The van der Waals surface area contributed by atoms with Crippen LogP contribution in [0, 0.1) is 0 Å². The minimum Gasteiger partial charge on any atom is -0.504 e. The van der Waals surface area contributed by atoms with Crippen molar-refractivity contribution < 1.29 is 28.8 Å². The molecule has 1 N–H and O–H groups in total. The third-order valence-corrected chi connectivity index (χ3v) is 5.72. The van der Waals surface area contributed by atoms with Gasteiger partial charge in [-0.3, -0.25) is 0 Å². The Kier molecular flexibility index (Phi) is 4.90. The highest BCUT2D eigenvalue weighted by Gasteiger charge is 2.40. The molecule has 154 valence electrons. The molecule has 7 heteroatoms. The molecule has 0 fully saturated rings. The Morgan fingerprint density at radius 3 is 2.52 bits per heavy atom. The van der Waals surface area contributed by atoms with Gasteiger partial charge in [-0.2, -0.15) is 0 Å². The number of hydrogen-bond acceptors (Lipinski definition) is 6. The van der Waals surface area contributed by atoms with Gasteiger partial charge >= 0.3 is 6.09 Å². The Balaban J connectivity index is 1.99. The van der Waals surface area contributed by atoms with Crippen molar-refractivity contribution in [3.05, 3.63) is 34.9 Å². The highest BCUT2D eigenvalue weighted by atomic mass is 16.6. The van der Waals surface area contributed by atoms with Crippen molar-refractivity contribution in [3.63, 3.8) is 0 Å². The molecule has 1 atom stereocenters. The van der Waals surface area contributed by atoms with Crippen molar-refractivity contribution in [2.24, 2.45) is 0 Å². The first kappa shape index (κ1) is 19.2. The van der Waals surface area contributed by atoms with E-state index >= 15 is 0 Å². The Morgan fingerprint density at radius 1 is 1.10 bits per heavy atom. The van der Waals surface area contributed by atoms with E-state index in [9.17, 15) is 9.90 Å². The molecule has 0 saturated carbocycles. The van der Waals surface area contributed by atoms with Crippen LogP contribution >= 0.6 is 0 Å². The fourth-order valence-electron chi connectivity index (χ4n) is 4.49. The number of amides is 1. The monoisotopic (exact) mass is 399 g/mol. The summed E-state index contributed by atoms with van der Waals surface area (Å²) in [6.45, 7) is 2.68. The molecule has 2 aromatic carbocycles. The topological polar surface area (TPSA) is 77.5 Å². The zero-order valence-corrected chi connectivity index (χ0v) is 17.1. The second-order valence-electron chi connectivity index (χ2n) is 7.10. The first-order chi connectivity index (χ1) is 14.0. The van der Waals surface area contributed by atoms with Crippen LogP contribution in [0.1, 0.15) is 29.7 Å². The summed E-state index contributed by atoms with van der Waals surface area (Å²) < 4.78 is 22.0. The van der Waals surface area contributed by atoms with Crippen LogP contribution in [-0.2, 0) is 17.6 Å². The van der Waals surface area contributed by atoms with E-state index in [1.54, 1.807) is 32.1 Å². The molecule has 0 spiro atoms. The maximum atomic E-state index is 12.6. The summed E-state index contributed by atoms with van der Waals surface area (Å²) in [4.78, 5) is 14.4. The van der Waals surface area contributed by atoms with Crippen molar-refractivity contribution in [2.75, 3.05) is 34.5 Å². The van der Waals surface area contributed by atoms with Crippen molar-refractivity contribution in [1.29, 1.82) is 0 Å². The predicted molar refractivity (Wildman–Crippen MR) is 107 cm³/mol. The van der Waals surface area contributed by atoms with Gasteiger partial charge in [-0.15, -0.1) is 0 Å². The number of methoxy groups -OCH3 is 3. The molecule has 29 heavy (non-hydrogen) atoms. The molecule has 0 radical (unpaired) electrons. The van der Waals surface area contributed by atoms with Crippen LogP contribution in [0.4, 0.5) is 4.79 Å². The lowest BCUT2D eigenvalue weighted by molar-refractivity contribution is 0.0861. The number of ether oxygens (including phenoxy) is 4. The fourth-order valence-corrected chi connectivity index (χ4v) is 4.49. The van der Waals surface area contributed by atoms with Crippen LogP contribution in [0.2, 0.25) is 0 Å². The molecule has 7 nitrogen and oxygen atoms in total. The van der Waals surface area contributed by atoms with E-state index in [1.165, 1.54) is 7.11 Å². The summed E-state index contributed by atoms with van der Waals surface area (Å²) in [5.41, 5.74) is 4.87. The highest BCUT2D eigenvalue weighted by Crippen LogP contribution is 2.54. The summed E-state index contributed by atoms with van der Waals surface area (Å²) in [5.74, 6) is 1.70.